The Bertz CT molecular complexity index is 417. The van der Waals surface area contributed by atoms with Crippen molar-refractivity contribution in [3.63, 3.8) is 0 Å². The number of phenols is 1. The first-order valence-electron chi connectivity index (χ1n) is 7.52. The molecule has 1 saturated heterocycles. The van der Waals surface area contributed by atoms with E-state index in [1.54, 1.807) is 13.2 Å². The van der Waals surface area contributed by atoms with Crippen molar-refractivity contribution in [3.8, 4) is 11.5 Å². The second-order valence-corrected chi connectivity index (χ2v) is 5.55. The minimum atomic E-state index is 0.204. The quantitative estimate of drug-likeness (QED) is 0.837. The van der Waals surface area contributed by atoms with Gasteiger partial charge in [-0.2, -0.15) is 0 Å². The van der Waals surface area contributed by atoms with E-state index in [-0.39, 0.29) is 5.75 Å². The van der Waals surface area contributed by atoms with Crippen molar-refractivity contribution < 1.29 is 9.84 Å². The van der Waals surface area contributed by atoms with E-state index in [1.165, 1.54) is 18.4 Å². The monoisotopic (exact) mass is 278 g/mol. The molecule has 1 aromatic carbocycles. The van der Waals surface area contributed by atoms with Crippen LogP contribution in [0.5, 0.6) is 11.5 Å². The maximum absolute atomic E-state index is 9.64. The van der Waals surface area contributed by atoms with E-state index in [9.17, 15) is 5.11 Å². The van der Waals surface area contributed by atoms with Crippen LogP contribution in [0.25, 0.3) is 0 Å². The predicted molar refractivity (Wildman–Crippen MR) is 81.2 cm³/mol. The summed E-state index contributed by atoms with van der Waals surface area (Å²) in [5, 5.41) is 13.1. The molecule has 0 spiro atoms. The Kier molecular flexibility index (Phi) is 5.68. The highest BCUT2D eigenvalue weighted by Crippen LogP contribution is 2.27. The predicted octanol–water partition coefficient (Wildman–Crippen LogP) is 2.22. The average molecular weight is 278 g/mol. The maximum Gasteiger partial charge on any atom is 0.160 e. The number of methoxy groups -OCH3 is 1. The lowest BCUT2D eigenvalue weighted by molar-refractivity contribution is 0.209. The molecule has 1 unspecified atom stereocenters. The second kappa shape index (κ2) is 7.50. The number of phenolic OH excluding ortho intramolecular Hbond substituents is 1. The van der Waals surface area contributed by atoms with Gasteiger partial charge in [0.25, 0.3) is 0 Å². The lowest BCUT2D eigenvalue weighted by atomic mass is 9.99. The van der Waals surface area contributed by atoms with Crippen LogP contribution in [0, 0.1) is 5.92 Å². The molecule has 20 heavy (non-hydrogen) atoms. The Balaban J connectivity index is 1.94. The molecule has 1 fully saturated rings. The maximum atomic E-state index is 9.64. The molecule has 0 bridgehead atoms. The fourth-order valence-electron chi connectivity index (χ4n) is 2.83. The van der Waals surface area contributed by atoms with Gasteiger partial charge < -0.3 is 15.2 Å². The molecule has 1 aliphatic rings. The van der Waals surface area contributed by atoms with Crippen molar-refractivity contribution >= 4 is 0 Å². The number of aromatic hydroxyl groups is 1. The molecule has 2 N–H and O–H groups in total. The van der Waals surface area contributed by atoms with Crippen molar-refractivity contribution in [3.05, 3.63) is 23.8 Å². The molecule has 1 aliphatic heterocycles. The number of hydrogen-bond acceptors (Lipinski definition) is 4. The molecule has 0 amide bonds. The molecule has 2 rings (SSSR count). The zero-order valence-electron chi connectivity index (χ0n) is 12.6. The standard InChI is InChI=1S/C16H26N2O2/c1-3-18(12-14-5-4-8-17-10-14)11-13-6-7-15(19)16(9-13)20-2/h6-7,9,14,17,19H,3-5,8,10-12H2,1-2H3. The van der Waals surface area contributed by atoms with Gasteiger partial charge in [-0.3, -0.25) is 4.90 Å². The molecule has 0 aliphatic carbocycles. The van der Waals surface area contributed by atoms with Gasteiger partial charge in [0.1, 0.15) is 0 Å². The number of nitrogens with one attached hydrogen (secondary N) is 1. The lowest BCUT2D eigenvalue weighted by Crippen LogP contribution is -2.38. The second-order valence-electron chi connectivity index (χ2n) is 5.55. The fraction of sp³-hybridized carbons (Fsp3) is 0.625. The van der Waals surface area contributed by atoms with Gasteiger partial charge in [-0.15, -0.1) is 0 Å². The van der Waals surface area contributed by atoms with Crippen molar-refractivity contribution in [1.82, 2.24) is 10.2 Å². The number of rotatable bonds is 6. The van der Waals surface area contributed by atoms with Crippen LogP contribution in [-0.4, -0.2) is 43.3 Å². The molecule has 0 saturated carbocycles. The Hall–Kier alpha value is -1.26. The van der Waals surface area contributed by atoms with Crippen molar-refractivity contribution in [1.29, 1.82) is 0 Å². The summed E-state index contributed by atoms with van der Waals surface area (Å²) in [4.78, 5) is 2.46. The summed E-state index contributed by atoms with van der Waals surface area (Å²) in [5.74, 6) is 1.51. The Morgan fingerprint density at radius 3 is 2.95 bits per heavy atom. The summed E-state index contributed by atoms with van der Waals surface area (Å²) in [7, 11) is 1.59. The van der Waals surface area contributed by atoms with Gasteiger partial charge in [0.05, 0.1) is 7.11 Å². The summed E-state index contributed by atoms with van der Waals surface area (Å²) < 4.78 is 5.17. The third-order valence-electron chi connectivity index (χ3n) is 4.01. The summed E-state index contributed by atoms with van der Waals surface area (Å²) in [5.41, 5.74) is 1.19. The van der Waals surface area contributed by atoms with E-state index in [2.05, 4.69) is 17.1 Å². The highest BCUT2D eigenvalue weighted by molar-refractivity contribution is 5.41. The third kappa shape index (κ3) is 4.12. The molecule has 112 valence electrons. The topological polar surface area (TPSA) is 44.7 Å². The zero-order chi connectivity index (χ0) is 14.4. The van der Waals surface area contributed by atoms with Gasteiger partial charge in [-0.25, -0.2) is 0 Å². The Morgan fingerprint density at radius 1 is 1.45 bits per heavy atom. The minimum absolute atomic E-state index is 0.204. The first-order valence-corrected chi connectivity index (χ1v) is 7.52. The summed E-state index contributed by atoms with van der Waals surface area (Å²) in [6.07, 6.45) is 2.61. The third-order valence-corrected chi connectivity index (χ3v) is 4.01. The highest BCUT2D eigenvalue weighted by Gasteiger charge is 2.16. The Labute approximate surface area is 121 Å². The number of benzene rings is 1. The van der Waals surface area contributed by atoms with Crippen LogP contribution < -0.4 is 10.1 Å². The van der Waals surface area contributed by atoms with Crippen LogP contribution in [-0.2, 0) is 6.54 Å². The smallest absolute Gasteiger partial charge is 0.160 e. The van der Waals surface area contributed by atoms with Crippen molar-refractivity contribution in [2.75, 3.05) is 33.3 Å². The summed E-state index contributed by atoms with van der Waals surface area (Å²) in [6.45, 7) is 7.58. The van der Waals surface area contributed by atoms with Crippen molar-refractivity contribution in [2.24, 2.45) is 5.92 Å². The first kappa shape index (κ1) is 15.1. The van der Waals surface area contributed by atoms with Crippen LogP contribution in [0.15, 0.2) is 18.2 Å². The van der Waals surface area contributed by atoms with E-state index in [1.807, 2.05) is 12.1 Å². The van der Waals surface area contributed by atoms with E-state index in [0.717, 1.165) is 38.6 Å². The normalized spacial score (nSPS) is 19.2. The largest absolute Gasteiger partial charge is 0.504 e. The number of nitrogens with zero attached hydrogens (tertiary/aromatic N) is 1. The fourth-order valence-corrected chi connectivity index (χ4v) is 2.83. The number of piperidine rings is 1. The first-order chi connectivity index (χ1) is 9.72. The summed E-state index contributed by atoms with van der Waals surface area (Å²) >= 11 is 0. The van der Waals surface area contributed by atoms with Gasteiger partial charge in [0.15, 0.2) is 11.5 Å². The molecule has 0 radical (unpaired) electrons. The van der Waals surface area contributed by atoms with E-state index >= 15 is 0 Å². The van der Waals surface area contributed by atoms with Gasteiger partial charge in [0, 0.05) is 13.1 Å². The van der Waals surface area contributed by atoms with Crippen LogP contribution in [0.4, 0.5) is 0 Å². The lowest BCUT2D eigenvalue weighted by Gasteiger charge is -2.29. The van der Waals surface area contributed by atoms with Crippen LogP contribution >= 0.6 is 0 Å². The Morgan fingerprint density at radius 2 is 2.30 bits per heavy atom. The van der Waals surface area contributed by atoms with E-state index in [4.69, 9.17) is 4.74 Å². The molecule has 4 nitrogen and oxygen atoms in total. The molecule has 1 heterocycles. The number of ether oxygens (including phenoxy) is 1. The van der Waals surface area contributed by atoms with E-state index in [0.29, 0.717) is 5.75 Å². The van der Waals surface area contributed by atoms with E-state index < -0.39 is 0 Å². The molecular formula is C16H26N2O2. The number of hydrogen-bond donors (Lipinski definition) is 2. The van der Waals surface area contributed by atoms with Gasteiger partial charge in [0.2, 0.25) is 0 Å². The highest BCUT2D eigenvalue weighted by atomic mass is 16.5. The van der Waals surface area contributed by atoms with Gasteiger partial charge >= 0.3 is 0 Å². The SMILES string of the molecule is CCN(Cc1ccc(O)c(OC)c1)CC1CCCNC1. The molecular weight excluding hydrogens is 252 g/mol. The summed E-state index contributed by atoms with van der Waals surface area (Å²) in [6, 6.07) is 5.61. The molecule has 1 atom stereocenters. The molecule has 1 aromatic rings. The zero-order valence-corrected chi connectivity index (χ0v) is 12.6. The van der Waals surface area contributed by atoms with Gasteiger partial charge in [-0.05, 0) is 56.1 Å². The average Bonchev–Trinajstić information content (AvgIpc) is 2.49. The van der Waals surface area contributed by atoms with Crippen LogP contribution in [0.3, 0.4) is 0 Å². The van der Waals surface area contributed by atoms with Crippen LogP contribution in [0.1, 0.15) is 25.3 Å². The van der Waals surface area contributed by atoms with Crippen molar-refractivity contribution in [2.45, 2.75) is 26.3 Å². The molecule has 4 heteroatoms. The molecule has 0 aromatic heterocycles. The van der Waals surface area contributed by atoms with Crippen LogP contribution in [0.2, 0.25) is 0 Å². The van der Waals surface area contributed by atoms with Gasteiger partial charge in [-0.1, -0.05) is 13.0 Å². The minimum Gasteiger partial charge on any atom is -0.504 e.